The van der Waals surface area contributed by atoms with E-state index < -0.39 is 0 Å². The Labute approximate surface area is 159 Å². The van der Waals surface area contributed by atoms with Gasteiger partial charge in [-0.25, -0.2) is 0 Å². The molecule has 8 heteroatoms. The second-order valence-electron chi connectivity index (χ2n) is 6.30. The molecule has 0 bridgehead atoms. The average Bonchev–Trinajstić information content (AvgIpc) is 3.12. The second-order valence-corrected chi connectivity index (χ2v) is 7.81. The highest BCUT2D eigenvalue weighted by Gasteiger charge is 2.12. The first-order valence-electron chi connectivity index (χ1n) is 9.03. The van der Waals surface area contributed by atoms with Gasteiger partial charge in [0.05, 0.1) is 24.4 Å². The van der Waals surface area contributed by atoms with Crippen molar-refractivity contribution in [2.45, 2.75) is 19.3 Å². The first kappa shape index (κ1) is 18.6. The van der Waals surface area contributed by atoms with Crippen LogP contribution in [0.25, 0.3) is 0 Å². The normalized spacial score (nSPS) is 19.3. The number of nitrogens with zero attached hydrogens (tertiary/aromatic N) is 3. The zero-order valence-electron chi connectivity index (χ0n) is 14.6. The largest absolute Gasteiger partial charge is 0.379 e. The lowest BCUT2D eigenvalue weighted by Crippen LogP contribution is -2.42. The molecule has 6 nitrogen and oxygen atoms in total. The van der Waals surface area contributed by atoms with Crippen LogP contribution in [0, 0.1) is 0 Å². The molecule has 1 aromatic heterocycles. The Morgan fingerprint density at radius 3 is 2.80 bits per heavy atom. The number of hydrogen-bond donors (Lipinski definition) is 2. The molecule has 2 N–H and O–H groups in total. The molecule has 0 aliphatic carbocycles. The van der Waals surface area contributed by atoms with Gasteiger partial charge in [-0.15, -0.1) is 11.3 Å². The fourth-order valence-electron chi connectivity index (χ4n) is 3.04. The fraction of sp³-hybridized carbons (Fsp3) is 0.647. The molecule has 0 radical (unpaired) electrons. The molecule has 0 saturated carbocycles. The van der Waals surface area contributed by atoms with E-state index in [4.69, 9.17) is 17.0 Å². The van der Waals surface area contributed by atoms with Gasteiger partial charge in [0.2, 0.25) is 0 Å². The van der Waals surface area contributed by atoms with Crippen molar-refractivity contribution in [3.05, 3.63) is 17.0 Å². The molecule has 2 saturated heterocycles. The summed E-state index contributed by atoms with van der Waals surface area (Å²) >= 11 is 7.04. The molecular formula is C17H27N5OS2. The number of thiophene rings is 1. The Kier molecular flexibility index (Phi) is 7.47. The Balaban J connectivity index is 1.34. The topological polar surface area (TPSA) is 52.1 Å². The molecule has 138 valence electrons. The number of nitrogens with one attached hydrogen (secondary N) is 2. The van der Waals surface area contributed by atoms with Crippen LogP contribution in [-0.4, -0.2) is 68.7 Å². The van der Waals surface area contributed by atoms with E-state index in [1.807, 2.05) is 6.21 Å². The third-order valence-electron chi connectivity index (χ3n) is 4.46. The van der Waals surface area contributed by atoms with Crippen LogP contribution in [0.2, 0.25) is 0 Å². The molecule has 2 aliphatic rings. The third-order valence-corrected chi connectivity index (χ3v) is 5.77. The van der Waals surface area contributed by atoms with Gasteiger partial charge in [-0.2, -0.15) is 5.10 Å². The number of rotatable bonds is 6. The van der Waals surface area contributed by atoms with Gasteiger partial charge in [0.25, 0.3) is 0 Å². The molecule has 0 aromatic carbocycles. The van der Waals surface area contributed by atoms with Gasteiger partial charge in [0.1, 0.15) is 0 Å². The van der Waals surface area contributed by atoms with Crippen LogP contribution >= 0.6 is 23.6 Å². The summed E-state index contributed by atoms with van der Waals surface area (Å²) in [7, 11) is 0. The zero-order valence-corrected chi connectivity index (χ0v) is 16.2. The summed E-state index contributed by atoms with van der Waals surface area (Å²) in [6, 6.07) is 4.31. The summed E-state index contributed by atoms with van der Waals surface area (Å²) in [4.78, 5) is 5.98. The number of anilines is 1. The van der Waals surface area contributed by atoms with Crippen molar-refractivity contribution >= 4 is 39.9 Å². The maximum absolute atomic E-state index is 5.34. The van der Waals surface area contributed by atoms with Crippen LogP contribution in [0.3, 0.4) is 0 Å². The summed E-state index contributed by atoms with van der Waals surface area (Å²) in [5.41, 5.74) is 2.90. The van der Waals surface area contributed by atoms with E-state index in [1.54, 1.807) is 11.3 Å². The smallest absolute Gasteiger partial charge is 0.187 e. The number of morpholine rings is 1. The highest BCUT2D eigenvalue weighted by atomic mass is 32.1. The summed E-state index contributed by atoms with van der Waals surface area (Å²) in [5, 5.41) is 9.34. The van der Waals surface area contributed by atoms with Gasteiger partial charge < -0.3 is 15.0 Å². The van der Waals surface area contributed by atoms with Crippen LogP contribution < -0.4 is 15.6 Å². The first-order valence-corrected chi connectivity index (χ1v) is 10.3. The Morgan fingerprint density at radius 1 is 1.20 bits per heavy atom. The Hall–Kier alpha value is -1.22. The summed E-state index contributed by atoms with van der Waals surface area (Å²) < 4.78 is 5.34. The minimum Gasteiger partial charge on any atom is -0.379 e. The van der Waals surface area contributed by atoms with E-state index in [1.165, 1.54) is 37.4 Å². The van der Waals surface area contributed by atoms with Crippen molar-refractivity contribution in [2.75, 3.05) is 57.4 Å². The SMILES string of the molecule is S=C(NCCN1CCOCC1)N/N=C/c1ccc(N2CCCCC2)s1. The monoisotopic (exact) mass is 381 g/mol. The van der Waals surface area contributed by atoms with Crippen LogP contribution in [0.4, 0.5) is 5.00 Å². The second kappa shape index (κ2) is 10.1. The van der Waals surface area contributed by atoms with Gasteiger partial charge in [-0.05, 0) is 43.6 Å². The molecule has 0 amide bonds. The lowest BCUT2D eigenvalue weighted by atomic mass is 10.1. The molecule has 25 heavy (non-hydrogen) atoms. The predicted octanol–water partition coefficient (Wildman–Crippen LogP) is 1.87. The van der Waals surface area contributed by atoms with E-state index in [0.717, 1.165) is 44.3 Å². The molecule has 3 rings (SSSR count). The number of hydrogen-bond acceptors (Lipinski definition) is 6. The van der Waals surface area contributed by atoms with Gasteiger partial charge in [-0.1, -0.05) is 0 Å². The van der Waals surface area contributed by atoms with Crippen molar-refractivity contribution in [3.63, 3.8) is 0 Å². The van der Waals surface area contributed by atoms with E-state index in [-0.39, 0.29) is 0 Å². The van der Waals surface area contributed by atoms with Gasteiger partial charge in [0.15, 0.2) is 5.11 Å². The van der Waals surface area contributed by atoms with E-state index >= 15 is 0 Å². The maximum Gasteiger partial charge on any atom is 0.187 e. The summed E-state index contributed by atoms with van der Waals surface area (Å²) in [5.74, 6) is 0. The number of thiocarbonyl (C=S) groups is 1. The highest BCUT2D eigenvalue weighted by Crippen LogP contribution is 2.27. The molecule has 1 aromatic rings. The third kappa shape index (κ3) is 6.22. The quantitative estimate of drug-likeness (QED) is 0.446. The number of ether oxygens (including phenoxy) is 1. The van der Waals surface area contributed by atoms with Gasteiger partial charge >= 0.3 is 0 Å². The predicted molar refractivity (Wildman–Crippen MR) is 109 cm³/mol. The maximum atomic E-state index is 5.34. The Morgan fingerprint density at radius 2 is 2.00 bits per heavy atom. The van der Waals surface area contributed by atoms with E-state index in [0.29, 0.717) is 5.11 Å². The van der Waals surface area contributed by atoms with Crippen LogP contribution in [-0.2, 0) is 4.74 Å². The molecule has 0 atom stereocenters. The van der Waals surface area contributed by atoms with Gasteiger partial charge in [-0.3, -0.25) is 10.3 Å². The number of piperidine rings is 1. The van der Waals surface area contributed by atoms with Crippen LogP contribution in [0.1, 0.15) is 24.1 Å². The van der Waals surface area contributed by atoms with Crippen LogP contribution in [0.15, 0.2) is 17.2 Å². The zero-order chi connectivity index (χ0) is 17.3. The fourth-order valence-corrected chi connectivity index (χ4v) is 4.13. The van der Waals surface area contributed by atoms with E-state index in [9.17, 15) is 0 Å². The van der Waals surface area contributed by atoms with Crippen LogP contribution in [0.5, 0.6) is 0 Å². The van der Waals surface area contributed by atoms with Gasteiger partial charge in [0, 0.05) is 44.1 Å². The minimum absolute atomic E-state index is 0.567. The summed E-state index contributed by atoms with van der Waals surface area (Å²) in [6.07, 6.45) is 5.80. The van der Waals surface area contributed by atoms with E-state index in [2.05, 4.69) is 37.8 Å². The molecule has 2 fully saturated rings. The van der Waals surface area contributed by atoms with Crippen molar-refractivity contribution in [2.24, 2.45) is 5.10 Å². The first-order chi connectivity index (χ1) is 12.3. The van der Waals surface area contributed by atoms with Crippen molar-refractivity contribution in [1.82, 2.24) is 15.6 Å². The standard InChI is InChI=1S/C17H27N5OS2/c24-17(18-6-9-21-10-12-23-13-11-21)20-19-14-15-4-5-16(25-15)22-7-2-1-3-8-22/h4-5,14H,1-3,6-13H2,(H2,18,20,24)/b19-14+. The Bertz CT molecular complexity index is 565. The molecule has 3 heterocycles. The van der Waals surface area contributed by atoms with Crippen molar-refractivity contribution < 1.29 is 4.74 Å². The molecule has 0 spiro atoms. The lowest BCUT2D eigenvalue weighted by Gasteiger charge is -2.27. The lowest BCUT2D eigenvalue weighted by molar-refractivity contribution is 0.0389. The molecule has 2 aliphatic heterocycles. The minimum atomic E-state index is 0.567. The van der Waals surface area contributed by atoms with Crippen molar-refractivity contribution in [3.8, 4) is 0 Å². The highest BCUT2D eigenvalue weighted by molar-refractivity contribution is 7.80. The molecule has 0 unspecified atom stereocenters. The molecular weight excluding hydrogens is 354 g/mol. The number of hydrazone groups is 1. The van der Waals surface area contributed by atoms with Crippen molar-refractivity contribution in [1.29, 1.82) is 0 Å². The average molecular weight is 382 g/mol. The summed E-state index contributed by atoms with van der Waals surface area (Å²) in [6.45, 7) is 7.79.